The van der Waals surface area contributed by atoms with Crippen LogP contribution in [0.1, 0.15) is 46.0 Å². The van der Waals surface area contributed by atoms with Gasteiger partial charge in [-0.3, -0.25) is 9.69 Å². The summed E-state index contributed by atoms with van der Waals surface area (Å²) in [6.45, 7) is 6.24. The van der Waals surface area contributed by atoms with Crippen LogP contribution < -0.4 is 10.1 Å². The molecule has 0 bridgehead atoms. The third-order valence-corrected chi connectivity index (χ3v) is 6.29. The third kappa shape index (κ3) is 7.73. The molecule has 1 heterocycles. The van der Waals surface area contributed by atoms with E-state index < -0.39 is 0 Å². The molecule has 0 radical (unpaired) electrons. The summed E-state index contributed by atoms with van der Waals surface area (Å²) in [4.78, 5) is 19.1. The van der Waals surface area contributed by atoms with E-state index in [0.717, 1.165) is 27.4 Å². The fourth-order valence-corrected chi connectivity index (χ4v) is 4.54. The van der Waals surface area contributed by atoms with Crippen molar-refractivity contribution < 1.29 is 13.9 Å². The Morgan fingerprint density at radius 3 is 2.19 bits per heavy atom. The number of hydrogen-bond acceptors (Lipinski definition) is 5. The van der Waals surface area contributed by atoms with Gasteiger partial charge in [-0.2, -0.15) is 0 Å². The minimum Gasteiger partial charge on any atom is -0.489 e. The summed E-state index contributed by atoms with van der Waals surface area (Å²) in [5.41, 5.74) is 3.69. The molecule has 0 unspecified atom stereocenters. The van der Waals surface area contributed by atoms with Crippen LogP contribution >= 0.6 is 11.3 Å². The van der Waals surface area contributed by atoms with Crippen LogP contribution in [0.2, 0.25) is 0 Å². The first-order chi connectivity index (χ1) is 17.4. The van der Waals surface area contributed by atoms with Gasteiger partial charge in [0.1, 0.15) is 28.9 Å². The Morgan fingerprint density at radius 1 is 0.917 bits per heavy atom. The first-order valence-electron chi connectivity index (χ1n) is 11.9. The normalized spacial score (nSPS) is 11.1. The third-order valence-electron chi connectivity index (χ3n) is 5.46. The zero-order valence-electron chi connectivity index (χ0n) is 20.5. The van der Waals surface area contributed by atoms with Gasteiger partial charge in [0.05, 0.1) is 6.54 Å². The van der Waals surface area contributed by atoms with Crippen molar-refractivity contribution in [3.63, 3.8) is 0 Å². The van der Waals surface area contributed by atoms with Crippen LogP contribution in [0.4, 0.5) is 4.39 Å². The van der Waals surface area contributed by atoms with E-state index in [9.17, 15) is 9.18 Å². The number of carbonyl (C=O) groups excluding carboxylic acids is 1. The van der Waals surface area contributed by atoms with Crippen LogP contribution in [0, 0.1) is 5.82 Å². The molecular weight excluding hydrogens is 473 g/mol. The lowest BCUT2D eigenvalue weighted by Crippen LogP contribution is -2.30. The van der Waals surface area contributed by atoms with E-state index in [-0.39, 0.29) is 17.8 Å². The van der Waals surface area contributed by atoms with E-state index in [2.05, 4.69) is 27.3 Å². The monoisotopic (exact) mass is 503 g/mol. The van der Waals surface area contributed by atoms with Gasteiger partial charge in [0.2, 0.25) is 0 Å². The fourth-order valence-electron chi connectivity index (χ4n) is 3.72. The Balaban J connectivity index is 1.43. The summed E-state index contributed by atoms with van der Waals surface area (Å²) in [6, 6.07) is 24.7. The number of thiazole rings is 1. The Hall–Kier alpha value is -3.55. The molecule has 1 aromatic heterocycles. The first-order valence-corrected chi connectivity index (χ1v) is 12.8. The van der Waals surface area contributed by atoms with Crippen molar-refractivity contribution in [1.82, 2.24) is 15.2 Å². The van der Waals surface area contributed by atoms with Gasteiger partial charge < -0.3 is 10.1 Å². The van der Waals surface area contributed by atoms with Gasteiger partial charge in [0, 0.05) is 24.5 Å². The minimum atomic E-state index is -0.253. The summed E-state index contributed by atoms with van der Waals surface area (Å²) in [7, 11) is 0. The summed E-state index contributed by atoms with van der Waals surface area (Å²) in [6.07, 6.45) is 0. The topological polar surface area (TPSA) is 54.5 Å². The Labute approximate surface area is 215 Å². The Kier molecular flexibility index (Phi) is 8.81. The molecule has 186 valence electrons. The molecule has 4 aromatic rings. The lowest BCUT2D eigenvalue weighted by molar-refractivity contribution is 0.0938. The summed E-state index contributed by atoms with van der Waals surface area (Å²) >= 11 is 1.47. The van der Waals surface area contributed by atoms with Gasteiger partial charge in [-0.1, -0.05) is 54.6 Å². The van der Waals surface area contributed by atoms with Crippen molar-refractivity contribution in [2.45, 2.75) is 46.1 Å². The van der Waals surface area contributed by atoms with Gasteiger partial charge >= 0.3 is 0 Å². The summed E-state index contributed by atoms with van der Waals surface area (Å²) < 4.78 is 19.3. The molecule has 0 atom stereocenters. The van der Waals surface area contributed by atoms with Crippen molar-refractivity contribution in [2.75, 3.05) is 0 Å². The van der Waals surface area contributed by atoms with Crippen LogP contribution in [-0.4, -0.2) is 21.8 Å². The van der Waals surface area contributed by atoms with E-state index >= 15 is 0 Å². The maximum atomic E-state index is 13.4. The molecule has 0 aliphatic carbocycles. The number of ether oxygens (including phenoxy) is 1. The van der Waals surface area contributed by atoms with Gasteiger partial charge in [0.15, 0.2) is 0 Å². The average Bonchev–Trinajstić information content (AvgIpc) is 3.34. The smallest absolute Gasteiger partial charge is 0.270 e. The van der Waals surface area contributed by atoms with Gasteiger partial charge in [-0.25, -0.2) is 9.37 Å². The predicted octanol–water partition coefficient (Wildman–Crippen LogP) is 6.20. The number of halogens is 1. The number of amides is 1. The predicted molar refractivity (Wildman–Crippen MR) is 141 cm³/mol. The van der Waals surface area contributed by atoms with Gasteiger partial charge in [-0.05, 0) is 54.8 Å². The number of aromatic nitrogens is 1. The molecule has 36 heavy (non-hydrogen) atoms. The van der Waals surface area contributed by atoms with Gasteiger partial charge in [0.25, 0.3) is 5.91 Å². The molecule has 5 nitrogen and oxygen atoms in total. The van der Waals surface area contributed by atoms with Crippen LogP contribution in [0.25, 0.3) is 0 Å². The first kappa shape index (κ1) is 25.5. The molecule has 0 aliphatic rings. The van der Waals surface area contributed by atoms with E-state index in [0.29, 0.717) is 31.9 Å². The van der Waals surface area contributed by atoms with Crippen LogP contribution in [0.5, 0.6) is 5.75 Å². The maximum Gasteiger partial charge on any atom is 0.270 e. The zero-order valence-corrected chi connectivity index (χ0v) is 21.3. The lowest BCUT2D eigenvalue weighted by Gasteiger charge is -2.22. The van der Waals surface area contributed by atoms with Gasteiger partial charge in [-0.15, -0.1) is 11.3 Å². The highest BCUT2D eigenvalue weighted by Crippen LogP contribution is 2.20. The highest BCUT2D eigenvalue weighted by Gasteiger charge is 2.15. The average molecular weight is 504 g/mol. The SMILES string of the molecule is CC(C)NC(=O)c1csc(CN(Cc2ccc(F)cc2)Cc2ccc(OCc3ccccc3)cc2)n1. The van der Waals surface area contributed by atoms with Crippen LogP contribution in [0.15, 0.2) is 84.2 Å². The number of nitrogens with one attached hydrogen (secondary N) is 1. The van der Waals surface area contributed by atoms with Crippen molar-refractivity contribution in [3.8, 4) is 5.75 Å². The number of hydrogen-bond donors (Lipinski definition) is 1. The Bertz CT molecular complexity index is 1240. The lowest BCUT2D eigenvalue weighted by atomic mass is 10.1. The molecule has 0 saturated carbocycles. The largest absolute Gasteiger partial charge is 0.489 e. The van der Waals surface area contributed by atoms with Crippen molar-refractivity contribution in [3.05, 3.63) is 117 Å². The van der Waals surface area contributed by atoms with E-state index in [1.54, 1.807) is 17.5 Å². The number of carbonyl (C=O) groups is 1. The highest BCUT2D eigenvalue weighted by atomic mass is 32.1. The van der Waals surface area contributed by atoms with E-state index in [1.165, 1.54) is 23.5 Å². The number of benzene rings is 3. The van der Waals surface area contributed by atoms with Crippen LogP contribution in [-0.2, 0) is 26.2 Å². The molecule has 0 spiro atoms. The second-order valence-electron chi connectivity index (χ2n) is 8.94. The molecule has 3 aromatic carbocycles. The Morgan fingerprint density at radius 2 is 1.56 bits per heavy atom. The van der Waals surface area contributed by atoms with Crippen LogP contribution in [0.3, 0.4) is 0 Å². The molecule has 4 rings (SSSR count). The quantitative estimate of drug-likeness (QED) is 0.265. The molecule has 1 amide bonds. The van der Waals surface area contributed by atoms with Crippen molar-refractivity contribution in [2.24, 2.45) is 0 Å². The number of nitrogens with zero attached hydrogens (tertiary/aromatic N) is 2. The molecule has 0 saturated heterocycles. The maximum absolute atomic E-state index is 13.4. The summed E-state index contributed by atoms with van der Waals surface area (Å²) in [5, 5.41) is 5.53. The fraction of sp³-hybridized carbons (Fsp3) is 0.241. The molecule has 0 aliphatic heterocycles. The second-order valence-corrected chi connectivity index (χ2v) is 9.89. The second kappa shape index (κ2) is 12.4. The standard InChI is InChI=1S/C29H30FN3O2S/c1-21(2)31-29(34)27-20-36-28(32-27)18-33(16-22-8-12-25(30)13-9-22)17-23-10-14-26(15-11-23)35-19-24-6-4-3-5-7-24/h3-15,20-21H,16-19H2,1-2H3,(H,31,34). The van der Waals surface area contributed by atoms with E-state index in [4.69, 9.17) is 4.74 Å². The zero-order chi connectivity index (χ0) is 25.3. The summed E-state index contributed by atoms with van der Waals surface area (Å²) in [5.74, 6) is 0.397. The highest BCUT2D eigenvalue weighted by molar-refractivity contribution is 7.09. The van der Waals surface area contributed by atoms with E-state index in [1.807, 2.05) is 56.3 Å². The van der Waals surface area contributed by atoms with Crippen molar-refractivity contribution in [1.29, 1.82) is 0 Å². The van der Waals surface area contributed by atoms with Crippen molar-refractivity contribution >= 4 is 17.2 Å². The number of rotatable bonds is 11. The molecule has 0 fully saturated rings. The molecule has 7 heteroatoms. The minimum absolute atomic E-state index is 0.0530. The molecular formula is C29H30FN3O2S. The molecule has 1 N–H and O–H groups in total.